The van der Waals surface area contributed by atoms with Gasteiger partial charge in [0, 0.05) is 22.8 Å². The number of nitrogens with zero attached hydrogens (tertiary/aromatic N) is 1. The number of amides is 2. The third-order valence-corrected chi connectivity index (χ3v) is 6.28. The van der Waals surface area contributed by atoms with Gasteiger partial charge in [-0.15, -0.1) is 0 Å². The van der Waals surface area contributed by atoms with E-state index in [1.54, 1.807) is 59.3 Å². The molecule has 2 amide bonds. The molecule has 0 radical (unpaired) electrons. The van der Waals surface area contributed by atoms with Crippen LogP contribution in [-0.4, -0.2) is 22.9 Å². The first-order valence-corrected chi connectivity index (χ1v) is 11.8. The standard InChI is InChI=1S/C23H20BrCl2N3O2S/c1-2-3-11-27-22(30)14-7-9-16(24)19(12-14)28-23(31)15-8-10-20(32)29(13-15)21-17(25)5-4-6-18(21)26/h4-10,12-13H,2-3,11H2,1H3,(H,27,30)(H,28,31). The molecule has 2 N–H and O–H groups in total. The third kappa shape index (κ3) is 5.78. The highest BCUT2D eigenvalue weighted by atomic mass is 79.9. The van der Waals surface area contributed by atoms with E-state index >= 15 is 0 Å². The van der Waals surface area contributed by atoms with Crippen molar-refractivity contribution in [3.63, 3.8) is 0 Å². The van der Waals surface area contributed by atoms with E-state index in [9.17, 15) is 9.59 Å². The highest BCUT2D eigenvalue weighted by molar-refractivity contribution is 9.10. The molecule has 32 heavy (non-hydrogen) atoms. The second-order valence-electron chi connectivity index (χ2n) is 6.95. The van der Waals surface area contributed by atoms with Crippen LogP contribution in [0.5, 0.6) is 0 Å². The molecule has 0 aliphatic rings. The minimum atomic E-state index is -0.374. The number of carbonyl (C=O) groups excluding carboxylic acids is 2. The van der Waals surface area contributed by atoms with Crippen molar-refractivity contribution < 1.29 is 9.59 Å². The van der Waals surface area contributed by atoms with Crippen LogP contribution >= 0.6 is 51.3 Å². The number of pyridine rings is 1. The van der Waals surface area contributed by atoms with Gasteiger partial charge in [-0.3, -0.25) is 9.59 Å². The average molecular weight is 553 g/mol. The monoisotopic (exact) mass is 551 g/mol. The Labute approximate surface area is 209 Å². The van der Waals surface area contributed by atoms with Crippen LogP contribution in [0.15, 0.2) is 59.2 Å². The topological polar surface area (TPSA) is 63.1 Å². The number of carbonyl (C=O) groups is 2. The SMILES string of the molecule is CCCCNC(=O)c1ccc(Br)c(NC(=O)c2ccc(=S)n(-c3c(Cl)cccc3Cl)c2)c1. The van der Waals surface area contributed by atoms with Gasteiger partial charge in [-0.25, -0.2) is 0 Å². The minimum absolute atomic E-state index is 0.192. The zero-order chi connectivity index (χ0) is 23.3. The van der Waals surface area contributed by atoms with E-state index in [1.807, 2.05) is 0 Å². The lowest BCUT2D eigenvalue weighted by atomic mass is 10.1. The van der Waals surface area contributed by atoms with Crippen molar-refractivity contribution in [3.8, 4) is 5.69 Å². The number of halogens is 3. The fourth-order valence-corrected chi connectivity index (χ4v) is 4.09. The summed E-state index contributed by atoms with van der Waals surface area (Å²) in [6, 6.07) is 13.4. The average Bonchev–Trinajstić information content (AvgIpc) is 2.76. The Kier molecular flexibility index (Phi) is 8.48. The van der Waals surface area contributed by atoms with Gasteiger partial charge in [-0.05, 0) is 64.8 Å². The summed E-state index contributed by atoms with van der Waals surface area (Å²) >= 11 is 21.5. The summed E-state index contributed by atoms with van der Waals surface area (Å²) in [5, 5.41) is 6.53. The predicted octanol–water partition coefficient (Wildman–Crippen LogP) is 7.06. The lowest BCUT2D eigenvalue weighted by Gasteiger charge is -2.14. The summed E-state index contributed by atoms with van der Waals surface area (Å²) in [5.74, 6) is -0.565. The summed E-state index contributed by atoms with van der Waals surface area (Å²) in [7, 11) is 0. The summed E-state index contributed by atoms with van der Waals surface area (Å²) in [5.41, 5.74) is 1.78. The summed E-state index contributed by atoms with van der Waals surface area (Å²) in [6.45, 7) is 2.66. The van der Waals surface area contributed by atoms with Crippen LogP contribution < -0.4 is 10.6 Å². The van der Waals surface area contributed by atoms with Crippen molar-refractivity contribution in [1.82, 2.24) is 9.88 Å². The fourth-order valence-electron chi connectivity index (χ4n) is 2.95. The number of hydrogen-bond acceptors (Lipinski definition) is 3. The fraction of sp³-hybridized carbons (Fsp3) is 0.174. The molecule has 0 aliphatic heterocycles. The molecule has 2 aromatic carbocycles. The number of nitrogens with one attached hydrogen (secondary N) is 2. The Morgan fingerprint density at radius 2 is 1.72 bits per heavy atom. The van der Waals surface area contributed by atoms with Gasteiger partial charge < -0.3 is 15.2 Å². The van der Waals surface area contributed by atoms with Crippen LogP contribution in [0.1, 0.15) is 40.5 Å². The van der Waals surface area contributed by atoms with E-state index in [0.717, 1.165) is 12.8 Å². The van der Waals surface area contributed by atoms with E-state index in [2.05, 4.69) is 33.5 Å². The van der Waals surface area contributed by atoms with Crippen LogP contribution in [0, 0.1) is 4.64 Å². The van der Waals surface area contributed by atoms with Gasteiger partial charge in [-0.1, -0.05) is 54.8 Å². The minimum Gasteiger partial charge on any atom is -0.352 e. The normalized spacial score (nSPS) is 10.6. The molecule has 0 spiro atoms. The number of aromatic nitrogens is 1. The van der Waals surface area contributed by atoms with Gasteiger partial charge in [0.25, 0.3) is 11.8 Å². The summed E-state index contributed by atoms with van der Waals surface area (Å²) in [4.78, 5) is 25.3. The molecule has 1 heterocycles. The predicted molar refractivity (Wildman–Crippen MR) is 136 cm³/mol. The molecule has 3 rings (SSSR count). The maximum absolute atomic E-state index is 13.0. The first kappa shape index (κ1) is 24.5. The van der Waals surface area contributed by atoms with E-state index in [4.69, 9.17) is 35.4 Å². The molecule has 9 heteroatoms. The van der Waals surface area contributed by atoms with Gasteiger partial charge >= 0.3 is 0 Å². The molecule has 0 unspecified atom stereocenters. The first-order valence-electron chi connectivity index (χ1n) is 9.88. The van der Waals surface area contributed by atoms with Crippen LogP contribution in [0.25, 0.3) is 5.69 Å². The van der Waals surface area contributed by atoms with E-state index in [-0.39, 0.29) is 11.8 Å². The number of para-hydroxylation sites is 1. The molecule has 0 saturated heterocycles. The van der Waals surface area contributed by atoms with E-state index in [0.29, 0.717) is 48.2 Å². The maximum atomic E-state index is 13.0. The molecular weight excluding hydrogens is 533 g/mol. The van der Waals surface area contributed by atoms with Crippen LogP contribution in [-0.2, 0) is 0 Å². The number of anilines is 1. The van der Waals surface area contributed by atoms with Crippen molar-refractivity contribution in [1.29, 1.82) is 0 Å². The molecule has 5 nitrogen and oxygen atoms in total. The Bertz CT molecular complexity index is 1210. The summed E-state index contributed by atoms with van der Waals surface area (Å²) < 4.78 is 2.70. The first-order chi connectivity index (χ1) is 15.3. The number of rotatable bonds is 7. The highest BCUT2D eigenvalue weighted by Crippen LogP contribution is 2.29. The second-order valence-corrected chi connectivity index (χ2v) is 9.04. The largest absolute Gasteiger partial charge is 0.352 e. The maximum Gasteiger partial charge on any atom is 0.257 e. The van der Waals surface area contributed by atoms with Gasteiger partial charge in [0.05, 0.1) is 27.0 Å². The molecule has 0 fully saturated rings. The summed E-state index contributed by atoms with van der Waals surface area (Å²) in [6.07, 6.45) is 3.48. The Morgan fingerprint density at radius 1 is 1.03 bits per heavy atom. The Morgan fingerprint density at radius 3 is 2.41 bits per heavy atom. The third-order valence-electron chi connectivity index (χ3n) is 4.64. The zero-order valence-electron chi connectivity index (χ0n) is 17.1. The quantitative estimate of drug-likeness (QED) is 0.243. The molecule has 0 saturated carbocycles. The molecule has 1 aromatic heterocycles. The van der Waals surface area contributed by atoms with E-state index in [1.165, 1.54) is 0 Å². The molecule has 3 aromatic rings. The molecule has 166 valence electrons. The van der Waals surface area contributed by atoms with Crippen molar-refractivity contribution in [2.45, 2.75) is 19.8 Å². The van der Waals surface area contributed by atoms with Gasteiger partial charge in [0.15, 0.2) is 0 Å². The van der Waals surface area contributed by atoms with Gasteiger partial charge in [0.2, 0.25) is 0 Å². The number of hydrogen-bond donors (Lipinski definition) is 2. The van der Waals surface area contributed by atoms with E-state index < -0.39 is 0 Å². The second kappa shape index (κ2) is 11.1. The zero-order valence-corrected chi connectivity index (χ0v) is 21.0. The van der Waals surface area contributed by atoms with Crippen molar-refractivity contribution in [3.05, 3.63) is 85.0 Å². The lowest BCUT2D eigenvalue weighted by Crippen LogP contribution is -2.24. The lowest BCUT2D eigenvalue weighted by molar-refractivity contribution is 0.0951. The van der Waals surface area contributed by atoms with Crippen LogP contribution in [0.2, 0.25) is 10.0 Å². The van der Waals surface area contributed by atoms with Crippen LogP contribution in [0.4, 0.5) is 5.69 Å². The number of benzene rings is 2. The Hall–Kier alpha value is -2.19. The molecule has 0 aliphatic carbocycles. The van der Waals surface area contributed by atoms with Crippen molar-refractivity contribution in [2.75, 3.05) is 11.9 Å². The van der Waals surface area contributed by atoms with Crippen LogP contribution in [0.3, 0.4) is 0 Å². The Balaban J connectivity index is 1.87. The van der Waals surface area contributed by atoms with Gasteiger partial charge in [-0.2, -0.15) is 0 Å². The van der Waals surface area contributed by atoms with Crippen molar-refractivity contribution in [2.24, 2.45) is 0 Å². The number of unbranched alkanes of at least 4 members (excludes halogenated alkanes) is 1. The highest BCUT2D eigenvalue weighted by Gasteiger charge is 2.15. The van der Waals surface area contributed by atoms with Crippen molar-refractivity contribution >= 4 is 68.9 Å². The molecule has 0 atom stereocenters. The van der Waals surface area contributed by atoms with Gasteiger partial charge in [0.1, 0.15) is 4.64 Å². The molecular formula is C23H20BrCl2N3O2S. The molecule has 0 bridgehead atoms. The smallest absolute Gasteiger partial charge is 0.257 e.